The molecule has 1 aliphatic carbocycles. The van der Waals surface area contributed by atoms with Gasteiger partial charge in [0.2, 0.25) is 0 Å². The van der Waals surface area contributed by atoms with Crippen molar-refractivity contribution in [2.24, 2.45) is 11.8 Å². The molecule has 0 aromatic rings. The van der Waals surface area contributed by atoms with Crippen LogP contribution in [0.2, 0.25) is 0 Å². The molecule has 1 fully saturated rings. The van der Waals surface area contributed by atoms with E-state index in [1.165, 1.54) is 44.9 Å². The van der Waals surface area contributed by atoms with Gasteiger partial charge in [0.25, 0.3) is 0 Å². The van der Waals surface area contributed by atoms with E-state index in [-0.39, 0.29) is 0 Å². The SMILES string of the molecule is COCC(NN)C1CCCCCCC1. The molecule has 1 atom stereocenters. The number of nitrogens with two attached hydrogens (primary N) is 1. The lowest BCUT2D eigenvalue weighted by molar-refractivity contribution is 0.129. The molecule has 3 nitrogen and oxygen atoms in total. The van der Waals surface area contributed by atoms with E-state index in [0.717, 1.165) is 6.61 Å². The second-order valence-corrected chi connectivity index (χ2v) is 4.33. The normalized spacial score (nSPS) is 22.7. The first-order valence-corrected chi connectivity index (χ1v) is 5.83. The summed E-state index contributed by atoms with van der Waals surface area (Å²) >= 11 is 0. The molecule has 0 aromatic carbocycles. The van der Waals surface area contributed by atoms with Crippen LogP contribution >= 0.6 is 0 Å². The van der Waals surface area contributed by atoms with Gasteiger partial charge in [0, 0.05) is 13.2 Å². The number of hydrazine groups is 1. The molecule has 0 amide bonds. The first-order valence-electron chi connectivity index (χ1n) is 5.83. The summed E-state index contributed by atoms with van der Waals surface area (Å²) < 4.78 is 5.18. The summed E-state index contributed by atoms with van der Waals surface area (Å²) in [5, 5.41) is 0. The highest BCUT2D eigenvalue weighted by atomic mass is 16.5. The average molecular weight is 200 g/mol. The van der Waals surface area contributed by atoms with Gasteiger partial charge in [-0.05, 0) is 18.8 Å². The lowest BCUT2D eigenvalue weighted by atomic mass is 9.86. The first kappa shape index (κ1) is 12.0. The largest absolute Gasteiger partial charge is 0.383 e. The third kappa shape index (κ3) is 3.95. The van der Waals surface area contributed by atoms with Crippen molar-refractivity contribution in [1.82, 2.24) is 5.43 Å². The van der Waals surface area contributed by atoms with Gasteiger partial charge in [-0.2, -0.15) is 0 Å². The van der Waals surface area contributed by atoms with E-state index in [0.29, 0.717) is 12.0 Å². The summed E-state index contributed by atoms with van der Waals surface area (Å²) in [6.45, 7) is 0.737. The Kier molecular flexibility index (Phi) is 6.15. The third-order valence-electron chi connectivity index (χ3n) is 3.28. The van der Waals surface area contributed by atoms with E-state index in [4.69, 9.17) is 10.6 Å². The third-order valence-corrected chi connectivity index (χ3v) is 3.28. The number of hydrogen-bond donors (Lipinski definition) is 2. The Balaban J connectivity index is 2.35. The maximum atomic E-state index is 5.55. The lowest BCUT2D eigenvalue weighted by Crippen LogP contribution is -2.44. The van der Waals surface area contributed by atoms with Crippen LogP contribution in [0, 0.1) is 5.92 Å². The Morgan fingerprint density at radius 1 is 1.21 bits per heavy atom. The first-order chi connectivity index (χ1) is 6.88. The van der Waals surface area contributed by atoms with Crippen molar-refractivity contribution in [2.75, 3.05) is 13.7 Å². The average Bonchev–Trinajstić information content (AvgIpc) is 2.15. The zero-order chi connectivity index (χ0) is 10.2. The van der Waals surface area contributed by atoms with Crippen LogP contribution in [0.25, 0.3) is 0 Å². The summed E-state index contributed by atoms with van der Waals surface area (Å²) in [4.78, 5) is 0. The van der Waals surface area contributed by atoms with Crippen molar-refractivity contribution in [3.63, 3.8) is 0 Å². The van der Waals surface area contributed by atoms with Crippen molar-refractivity contribution in [2.45, 2.75) is 51.0 Å². The Bertz CT molecular complexity index is 133. The molecule has 0 bridgehead atoms. The zero-order valence-corrected chi connectivity index (χ0v) is 9.30. The van der Waals surface area contributed by atoms with E-state index in [1.54, 1.807) is 7.11 Å². The molecule has 14 heavy (non-hydrogen) atoms. The summed E-state index contributed by atoms with van der Waals surface area (Å²) in [5.74, 6) is 6.26. The zero-order valence-electron chi connectivity index (χ0n) is 9.30. The maximum Gasteiger partial charge on any atom is 0.0632 e. The summed E-state index contributed by atoms with van der Waals surface area (Å²) in [7, 11) is 1.74. The van der Waals surface area contributed by atoms with Crippen LogP contribution in [0.3, 0.4) is 0 Å². The predicted molar refractivity (Wildman–Crippen MR) is 58.8 cm³/mol. The van der Waals surface area contributed by atoms with E-state index >= 15 is 0 Å². The molecular formula is C11H24N2O. The van der Waals surface area contributed by atoms with Crippen LogP contribution in [-0.4, -0.2) is 19.8 Å². The summed E-state index contributed by atoms with van der Waals surface area (Å²) in [5.41, 5.74) is 2.90. The minimum atomic E-state index is 0.345. The summed E-state index contributed by atoms with van der Waals surface area (Å²) in [6, 6.07) is 0.345. The maximum absolute atomic E-state index is 5.55. The minimum absolute atomic E-state index is 0.345. The Morgan fingerprint density at radius 2 is 1.79 bits per heavy atom. The monoisotopic (exact) mass is 200 g/mol. The molecule has 1 saturated carbocycles. The molecule has 84 valence electrons. The molecule has 3 N–H and O–H groups in total. The standard InChI is InChI=1S/C11H24N2O/c1-14-9-11(13-12)10-7-5-3-2-4-6-8-10/h10-11,13H,2-9,12H2,1H3. The van der Waals surface area contributed by atoms with Crippen molar-refractivity contribution in [3.05, 3.63) is 0 Å². The fourth-order valence-electron chi connectivity index (χ4n) is 2.39. The van der Waals surface area contributed by atoms with Crippen molar-refractivity contribution in [3.8, 4) is 0 Å². The second-order valence-electron chi connectivity index (χ2n) is 4.33. The molecule has 0 saturated heterocycles. The smallest absolute Gasteiger partial charge is 0.0632 e. The fraction of sp³-hybridized carbons (Fsp3) is 1.00. The highest BCUT2D eigenvalue weighted by Crippen LogP contribution is 2.24. The van der Waals surface area contributed by atoms with Crippen LogP contribution in [0.4, 0.5) is 0 Å². The predicted octanol–water partition coefficient (Wildman–Crippen LogP) is 1.83. The number of hydrogen-bond acceptors (Lipinski definition) is 3. The van der Waals surface area contributed by atoms with Gasteiger partial charge < -0.3 is 4.74 Å². The fourth-order valence-corrected chi connectivity index (χ4v) is 2.39. The van der Waals surface area contributed by atoms with Crippen molar-refractivity contribution < 1.29 is 4.74 Å². The van der Waals surface area contributed by atoms with Crippen LogP contribution in [0.15, 0.2) is 0 Å². The lowest BCUT2D eigenvalue weighted by Gasteiger charge is -2.27. The van der Waals surface area contributed by atoms with Gasteiger partial charge in [-0.25, -0.2) is 0 Å². The Labute approximate surface area is 87.4 Å². The molecule has 3 heteroatoms. The minimum Gasteiger partial charge on any atom is -0.383 e. The van der Waals surface area contributed by atoms with Gasteiger partial charge >= 0.3 is 0 Å². The number of methoxy groups -OCH3 is 1. The van der Waals surface area contributed by atoms with Crippen LogP contribution in [0.1, 0.15) is 44.9 Å². The number of nitrogens with one attached hydrogen (secondary N) is 1. The Hall–Kier alpha value is -0.120. The van der Waals surface area contributed by atoms with E-state index in [1.807, 2.05) is 0 Å². The number of ether oxygens (including phenoxy) is 1. The molecule has 0 aliphatic heterocycles. The van der Waals surface area contributed by atoms with Crippen molar-refractivity contribution in [1.29, 1.82) is 0 Å². The van der Waals surface area contributed by atoms with E-state index in [9.17, 15) is 0 Å². The second kappa shape index (κ2) is 7.21. The van der Waals surface area contributed by atoms with Crippen LogP contribution in [-0.2, 0) is 4.74 Å². The van der Waals surface area contributed by atoms with Gasteiger partial charge in [-0.1, -0.05) is 32.1 Å². The highest BCUT2D eigenvalue weighted by molar-refractivity contribution is 4.75. The molecule has 0 aromatic heterocycles. The van der Waals surface area contributed by atoms with Gasteiger partial charge in [0.1, 0.15) is 0 Å². The van der Waals surface area contributed by atoms with E-state index in [2.05, 4.69) is 5.43 Å². The van der Waals surface area contributed by atoms with Crippen LogP contribution < -0.4 is 11.3 Å². The molecule has 1 unspecified atom stereocenters. The molecule has 1 aliphatic rings. The molecular weight excluding hydrogens is 176 g/mol. The van der Waals surface area contributed by atoms with Gasteiger partial charge in [-0.3, -0.25) is 11.3 Å². The highest BCUT2D eigenvalue weighted by Gasteiger charge is 2.20. The quantitative estimate of drug-likeness (QED) is 0.537. The van der Waals surface area contributed by atoms with Gasteiger partial charge in [-0.15, -0.1) is 0 Å². The van der Waals surface area contributed by atoms with E-state index < -0.39 is 0 Å². The van der Waals surface area contributed by atoms with Gasteiger partial charge in [0.15, 0.2) is 0 Å². The van der Waals surface area contributed by atoms with Gasteiger partial charge in [0.05, 0.1) is 6.61 Å². The van der Waals surface area contributed by atoms with Crippen LogP contribution in [0.5, 0.6) is 0 Å². The molecule has 0 spiro atoms. The molecule has 0 radical (unpaired) electrons. The molecule has 0 heterocycles. The Morgan fingerprint density at radius 3 is 2.29 bits per heavy atom. The van der Waals surface area contributed by atoms with Crippen molar-refractivity contribution >= 4 is 0 Å². The summed E-state index contributed by atoms with van der Waals surface area (Å²) in [6.07, 6.45) is 9.51. The number of rotatable bonds is 4. The molecule has 1 rings (SSSR count). The topological polar surface area (TPSA) is 47.3 Å².